The first-order valence-corrected chi connectivity index (χ1v) is 8.10. The van der Waals surface area contributed by atoms with Crippen molar-refractivity contribution in [3.63, 3.8) is 0 Å². The third-order valence-corrected chi connectivity index (χ3v) is 4.85. The topological polar surface area (TPSA) is 99.1 Å². The highest BCUT2D eigenvalue weighted by Gasteiger charge is 2.73. The van der Waals surface area contributed by atoms with Crippen molar-refractivity contribution in [1.82, 2.24) is 0 Å². The van der Waals surface area contributed by atoms with E-state index in [1.54, 1.807) is 0 Å². The van der Waals surface area contributed by atoms with Gasteiger partial charge in [-0.05, 0) is 19.3 Å². The number of hydrogen-bond acceptors (Lipinski definition) is 6. The molecule has 1 N–H and O–H groups in total. The summed E-state index contributed by atoms with van der Waals surface area (Å²) in [6, 6.07) is 0. The van der Waals surface area contributed by atoms with Crippen molar-refractivity contribution in [2.45, 2.75) is 48.8 Å². The van der Waals surface area contributed by atoms with Crippen molar-refractivity contribution >= 4 is 16.1 Å². The van der Waals surface area contributed by atoms with E-state index in [1.165, 1.54) is 0 Å². The second kappa shape index (κ2) is 5.83. The average molecular weight is 366 g/mol. The lowest BCUT2D eigenvalue weighted by molar-refractivity contribution is -0.259. The zero-order chi connectivity index (χ0) is 17.5. The van der Waals surface area contributed by atoms with Crippen molar-refractivity contribution in [1.29, 1.82) is 0 Å². The Morgan fingerprint density at radius 2 is 1.74 bits per heavy atom. The highest BCUT2D eigenvalue weighted by molar-refractivity contribution is 7.88. The molecule has 0 radical (unpaired) electrons. The molecule has 0 amide bonds. The molecule has 1 heterocycles. The fourth-order valence-corrected chi connectivity index (χ4v) is 3.15. The van der Waals surface area contributed by atoms with E-state index in [2.05, 4.69) is 4.74 Å². The van der Waals surface area contributed by atoms with Crippen LogP contribution in [0.5, 0.6) is 0 Å². The summed E-state index contributed by atoms with van der Waals surface area (Å²) in [5, 5.41) is -5.57. The number of alkyl halides is 4. The van der Waals surface area contributed by atoms with Crippen LogP contribution in [0, 0.1) is 0 Å². The molecule has 0 aromatic carbocycles. The van der Waals surface area contributed by atoms with Gasteiger partial charge in [0.25, 0.3) is 0 Å². The number of halogens is 4. The first-order valence-electron chi connectivity index (χ1n) is 6.66. The van der Waals surface area contributed by atoms with Gasteiger partial charge in [0, 0.05) is 6.42 Å². The van der Waals surface area contributed by atoms with Gasteiger partial charge in [0.1, 0.15) is 0 Å². The number of esters is 1. The molecule has 2 aliphatic rings. The highest BCUT2D eigenvalue weighted by atomic mass is 32.2. The summed E-state index contributed by atoms with van der Waals surface area (Å²) in [6.07, 6.45) is -6.41. The lowest BCUT2D eigenvalue weighted by atomic mass is 9.91. The molecule has 1 aliphatic carbocycles. The van der Waals surface area contributed by atoms with Crippen molar-refractivity contribution in [3.8, 4) is 0 Å². The Kier molecular flexibility index (Phi) is 4.65. The van der Waals surface area contributed by atoms with Crippen LogP contribution in [0.1, 0.15) is 25.7 Å². The number of carbonyl (C=O) groups excluding carboxylic acids is 1. The summed E-state index contributed by atoms with van der Waals surface area (Å²) in [6.45, 7) is 0.207. The molecule has 1 spiro atoms. The largest absolute Gasteiger partial charge is 0.453 e. The first-order chi connectivity index (χ1) is 10.4. The molecular weight excluding hydrogens is 352 g/mol. The van der Waals surface area contributed by atoms with E-state index >= 15 is 0 Å². The highest BCUT2D eigenvalue weighted by Crippen LogP contribution is 2.42. The predicted octanol–water partition coefficient (Wildman–Crippen LogP) is 1.33. The van der Waals surface area contributed by atoms with Crippen molar-refractivity contribution < 1.29 is 49.5 Å². The van der Waals surface area contributed by atoms with Gasteiger partial charge in [0.05, 0.1) is 13.2 Å². The fourth-order valence-electron chi connectivity index (χ4n) is 2.60. The minimum Gasteiger partial charge on any atom is -0.453 e. The van der Waals surface area contributed by atoms with Crippen LogP contribution in [0.15, 0.2) is 0 Å². The van der Waals surface area contributed by atoms with E-state index in [-0.39, 0.29) is 26.1 Å². The Balaban J connectivity index is 2.28. The summed E-state index contributed by atoms with van der Waals surface area (Å²) < 4.78 is 97.1. The van der Waals surface area contributed by atoms with E-state index in [9.17, 15) is 30.8 Å². The molecule has 1 saturated carbocycles. The van der Waals surface area contributed by atoms with Crippen molar-refractivity contribution in [3.05, 3.63) is 0 Å². The molecule has 1 aliphatic heterocycles. The zero-order valence-electron chi connectivity index (χ0n) is 11.6. The summed E-state index contributed by atoms with van der Waals surface area (Å²) in [5.74, 6) is -4.28. The third kappa shape index (κ3) is 3.04. The van der Waals surface area contributed by atoms with Gasteiger partial charge in [-0.1, -0.05) is 0 Å². The molecular formula is C11H14F4O7S. The van der Waals surface area contributed by atoms with E-state index < -0.39 is 39.2 Å². The summed E-state index contributed by atoms with van der Waals surface area (Å²) in [4.78, 5) is 11.6. The Labute approximate surface area is 128 Å². The zero-order valence-corrected chi connectivity index (χ0v) is 12.5. The molecule has 7 nitrogen and oxygen atoms in total. The lowest BCUT2D eigenvalue weighted by Crippen LogP contribution is -2.58. The van der Waals surface area contributed by atoms with Crippen LogP contribution in [-0.4, -0.2) is 55.2 Å². The number of ether oxygens (including phenoxy) is 3. The van der Waals surface area contributed by atoms with Crippen LogP contribution in [0.2, 0.25) is 0 Å². The monoisotopic (exact) mass is 366 g/mol. The molecule has 23 heavy (non-hydrogen) atoms. The maximum absolute atomic E-state index is 13.9. The standard InChI is InChI=1S/C11H14F4O7S/c12-10(11(13,14)15,23(17,18)19)8(16)22-7-3-1-2-4-9(7)20-5-6-21-9/h7H,1-6H2,(H,17,18,19). The molecule has 1 saturated heterocycles. The van der Waals surface area contributed by atoms with Gasteiger partial charge >= 0.3 is 27.3 Å². The predicted molar refractivity (Wildman–Crippen MR) is 64.4 cm³/mol. The normalized spacial score (nSPS) is 27.6. The van der Waals surface area contributed by atoms with Gasteiger partial charge < -0.3 is 14.2 Å². The maximum atomic E-state index is 13.9. The van der Waals surface area contributed by atoms with Crippen LogP contribution in [0.3, 0.4) is 0 Å². The molecule has 0 aromatic heterocycles. The van der Waals surface area contributed by atoms with Crippen molar-refractivity contribution in [2.75, 3.05) is 13.2 Å². The minimum atomic E-state index is -6.46. The Hall–Kier alpha value is -0.980. The third-order valence-electron chi connectivity index (χ3n) is 3.74. The van der Waals surface area contributed by atoms with Crippen LogP contribution in [-0.2, 0) is 29.1 Å². The van der Waals surface area contributed by atoms with Gasteiger partial charge in [-0.15, -0.1) is 0 Å². The first kappa shape index (κ1) is 18.4. The van der Waals surface area contributed by atoms with Gasteiger partial charge in [0.2, 0.25) is 5.79 Å². The SMILES string of the molecule is O=C(OC1CCCCC12OCCO2)C(F)(C(F)(F)F)S(=O)(=O)O. The maximum Gasteiger partial charge on any atom is 0.451 e. The number of carbonyl (C=O) groups is 1. The van der Waals surface area contributed by atoms with E-state index in [0.717, 1.165) is 0 Å². The Bertz CT molecular complexity index is 569. The van der Waals surface area contributed by atoms with Crippen molar-refractivity contribution in [2.24, 2.45) is 0 Å². The minimum absolute atomic E-state index is 0.00511. The molecule has 134 valence electrons. The second-order valence-corrected chi connectivity index (χ2v) is 6.73. The summed E-state index contributed by atoms with van der Waals surface area (Å²) in [7, 11) is -6.46. The van der Waals surface area contributed by atoms with Crippen LogP contribution < -0.4 is 0 Å². The smallest absolute Gasteiger partial charge is 0.451 e. The van der Waals surface area contributed by atoms with E-state index in [4.69, 9.17) is 14.0 Å². The number of rotatable bonds is 3. The summed E-state index contributed by atoms with van der Waals surface area (Å²) in [5.41, 5.74) is 0. The molecule has 2 atom stereocenters. The molecule has 2 unspecified atom stereocenters. The molecule has 2 fully saturated rings. The Morgan fingerprint density at radius 3 is 2.22 bits per heavy atom. The van der Waals surface area contributed by atoms with Gasteiger partial charge in [-0.3, -0.25) is 4.55 Å². The van der Waals surface area contributed by atoms with E-state index in [1.807, 2.05) is 0 Å². The Morgan fingerprint density at radius 1 is 1.17 bits per heavy atom. The van der Waals surface area contributed by atoms with Crippen LogP contribution in [0.25, 0.3) is 0 Å². The van der Waals surface area contributed by atoms with Gasteiger partial charge in [-0.2, -0.15) is 21.6 Å². The van der Waals surface area contributed by atoms with E-state index in [0.29, 0.717) is 12.8 Å². The van der Waals surface area contributed by atoms with Gasteiger partial charge in [-0.25, -0.2) is 9.18 Å². The molecule has 0 bridgehead atoms. The van der Waals surface area contributed by atoms with Crippen LogP contribution >= 0.6 is 0 Å². The van der Waals surface area contributed by atoms with Gasteiger partial charge in [0.15, 0.2) is 6.10 Å². The molecule has 0 aromatic rings. The molecule has 12 heteroatoms. The second-order valence-electron chi connectivity index (χ2n) is 5.22. The lowest BCUT2D eigenvalue weighted by Gasteiger charge is -2.39. The average Bonchev–Trinajstić information content (AvgIpc) is 2.87. The number of hydrogen-bond donors (Lipinski definition) is 1. The van der Waals surface area contributed by atoms with Crippen LogP contribution in [0.4, 0.5) is 17.6 Å². The quantitative estimate of drug-likeness (QED) is 0.457. The molecule has 2 rings (SSSR count). The summed E-state index contributed by atoms with van der Waals surface area (Å²) >= 11 is 0. The fraction of sp³-hybridized carbons (Fsp3) is 0.909.